The molecule has 2 heterocycles. The van der Waals surface area contributed by atoms with Gasteiger partial charge in [0.2, 0.25) is 0 Å². The third kappa shape index (κ3) is 4.06. The molecule has 1 aromatic heterocycles. The average Bonchev–Trinajstić information content (AvgIpc) is 3.21. The van der Waals surface area contributed by atoms with Crippen LogP contribution in [0.4, 0.5) is 0 Å². The maximum atomic E-state index is 6.15. The molecule has 0 amide bonds. The van der Waals surface area contributed by atoms with Crippen molar-refractivity contribution in [1.82, 2.24) is 14.5 Å². The van der Waals surface area contributed by atoms with Crippen molar-refractivity contribution in [3.63, 3.8) is 0 Å². The average molecular weight is 334 g/mol. The van der Waals surface area contributed by atoms with Crippen LogP contribution in [-0.2, 0) is 19.3 Å². The van der Waals surface area contributed by atoms with Crippen molar-refractivity contribution in [2.45, 2.75) is 25.1 Å². The molecule has 0 atom stereocenters. The highest BCUT2D eigenvalue weighted by molar-refractivity contribution is 6.17. The number of hydrogen-bond donors (Lipinski definition) is 0. The van der Waals surface area contributed by atoms with Gasteiger partial charge in [0.1, 0.15) is 18.2 Å². The van der Waals surface area contributed by atoms with Gasteiger partial charge in [0.15, 0.2) is 0 Å². The summed E-state index contributed by atoms with van der Waals surface area (Å²) in [6.07, 6.45) is 7.17. The van der Waals surface area contributed by atoms with Gasteiger partial charge in [-0.05, 0) is 25.9 Å². The van der Waals surface area contributed by atoms with Gasteiger partial charge in [-0.3, -0.25) is 4.90 Å². The van der Waals surface area contributed by atoms with Crippen LogP contribution in [0, 0.1) is 0 Å². The predicted molar refractivity (Wildman–Crippen MR) is 93.2 cm³/mol. The number of nitrogens with zero attached hydrogens (tertiary/aromatic N) is 3. The summed E-state index contributed by atoms with van der Waals surface area (Å²) in [5.41, 5.74) is 2.21. The van der Waals surface area contributed by atoms with Crippen LogP contribution in [0.3, 0.4) is 0 Å². The molecule has 4 nitrogen and oxygen atoms in total. The van der Waals surface area contributed by atoms with Crippen LogP contribution >= 0.6 is 11.6 Å². The van der Waals surface area contributed by atoms with Crippen LogP contribution < -0.4 is 4.74 Å². The second-order valence-corrected chi connectivity index (χ2v) is 6.33. The van der Waals surface area contributed by atoms with Crippen LogP contribution in [0.15, 0.2) is 30.6 Å². The molecule has 0 N–H and O–H groups in total. The molecule has 1 aliphatic rings. The summed E-state index contributed by atoms with van der Waals surface area (Å²) in [4.78, 5) is 6.88. The van der Waals surface area contributed by atoms with Gasteiger partial charge in [-0.1, -0.05) is 18.2 Å². The van der Waals surface area contributed by atoms with Gasteiger partial charge in [0, 0.05) is 43.5 Å². The normalized spacial score (nSPS) is 15.2. The standard InChI is InChI=1S/C18H24ClN3O/c1-21-10-7-20-17(21)13-15-5-4-6-16(14-19)18(15)23-12-11-22-8-2-3-9-22/h4-7,10H,2-3,8-9,11-14H2,1H3. The Labute approximate surface area is 143 Å². The fourth-order valence-corrected chi connectivity index (χ4v) is 3.30. The fourth-order valence-electron chi connectivity index (χ4n) is 3.09. The Morgan fingerprint density at radius 1 is 1.22 bits per heavy atom. The Hall–Kier alpha value is -1.52. The van der Waals surface area contributed by atoms with E-state index in [2.05, 4.69) is 16.0 Å². The van der Waals surface area contributed by atoms with Crippen molar-refractivity contribution in [1.29, 1.82) is 0 Å². The van der Waals surface area contributed by atoms with E-state index >= 15 is 0 Å². The molecule has 124 valence electrons. The van der Waals surface area contributed by atoms with Gasteiger partial charge in [0.25, 0.3) is 0 Å². The van der Waals surface area contributed by atoms with E-state index in [-0.39, 0.29) is 0 Å². The Morgan fingerprint density at radius 3 is 2.70 bits per heavy atom. The Morgan fingerprint density at radius 2 is 2.00 bits per heavy atom. The zero-order chi connectivity index (χ0) is 16.1. The molecule has 0 bridgehead atoms. The minimum atomic E-state index is 0.466. The van der Waals surface area contributed by atoms with E-state index in [9.17, 15) is 0 Å². The number of likely N-dealkylation sites (tertiary alicyclic amines) is 1. The molecule has 0 saturated carbocycles. The van der Waals surface area contributed by atoms with Crippen LogP contribution in [0.1, 0.15) is 29.8 Å². The smallest absolute Gasteiger partial charge is 0.127 e. The number of para-hydroxylation sites is 1. The Kier molecular flexibility index (Phi) is 5.57. The fraction of sp³-hybridized carbons (Fsp3) is 0.500. The molecule has 1 aliphatic heterocycles. The van der Waals surface area contributed by atoms with Crippen LogP contribution in [-0.4, -0.2) is 40.7 Å². The van der Waals surface area contributed by atoms with Gasteiger partial charge in [-0.25, -0.2) is 4.98 Å². The predicted octanol–water partition coefficient (Wildman–Crippen LogP) is 3.22. The first-order valence-corrected chi connectivity index (χ1v) is 8.79. The molecule has 1 saturated heterocycles. The van der Waals surface area contributed by atoms with E-state index in [4.69, 9.17) is 16.3 Å². The number of alkyl halides is 1. The van der Waals surface area contributed by atoms with Gasteiger partial charge in [0.05, 0.1) is 5.88 Å². The van der Waals surface area contributed by atoms with Crippen molar-refractivity contribution in [2.75, 3.05) is 26.2 Å². The summed E-state index contributed by atoms with van der Waals surface area (Å²) >= 11 is 6.11. The van der Waals surface area contributed by atoms with Gasteiger partial charge in [-0.2, -0.15) is 0 Å². The minimum Gasteiger partial charge on any atom is -0.492 e. The second-order valence-electron chi connectivity index (χ2n) is 6.07. The Balaban J connectivity index is 1.72. The lowest BCUT2D eigenvalue weighted by molar-refractivity contribution is 0.235. The van der Waals surface area contributed by atoms with Crippen molar-refractivity contribution >= 4 is 11.6 Å². The molecule has 0 aliphatic carbocycles. The van der Waals surface area contributed by atoms with E-state index in [0.717, 1.165) is 35.7 Å². The molecule has 0 spiro atoms. The number of ether oxygens (including phenoxy) is 1. The maximum Gasteiger partial charge on any atom is 0.127 e. The lowest BCUT2D eigenvalue weighted by Gasteiger charge is -2.18. The SMILES string of the molecule is Cn1ccnc1Cc1cccc(CCl)c1OCCN1CCCC1. The number of hydrogen-bond acceptors (Lipinski definition) is 3. The Bertz CT molecular complexity index is 635. The van der Waals surface area contributed by atoms with Crippen molar-refractivity contribution in [2.24, 2.45) is 7.05 Å². The lowest BCUT2D eigenvalue weighted by atomic mass is 10.1. The first-order chi connectivity index (χ1) is 11.3. The highest BCUT2D eigenvalue weighted by atomic mass is 35.5. The number of halogens is 1. The number of imidazole rings is 1. The third-order valence-corrected chi connectivity index (χ3v) is 4.73. The number of aromatic nitrogens is 2. The highest BCUT2D eigenvalue weighted by Gasteiger charge is 2.14. The molecule has 0 radical (unpaired) electrons. The highest BCUT2D eigenvalue weighted by Crippen LogP contribution is 2.27. The summed E-state index contributed by atoms with van der Waals surface area (Å²) in [6.45, 7) is 4.08. The quantitative estimate of drug-likeness (QED) is 0.729. The molecule has 23 heavy (non-hydrogen) atoms. The van der Waals surface area contributed by atoms with E-state index in [0.29, 0.717) is 12.5 Å². The van der Waals surface area contributed by atoms with Gasteiger partial charge in [-0.15, -0.1) is 11.6 Å². The van der Waals surface area contributed by atoms with Crippen LogP contribution in [0.5, 0.6) is 5.75 Å². The third-order valence-electron chi connectivity index (χ3n) is 4.44. The van der Waals surface area contributed by atoms with Crippen molar-refractivity contribution < 1.29 is 4.74 Å². The monoisotopic (exact) mass is 333 g/mol. The van der Waals surface area contributed by atoms with Crippen LogP contribution in [0.2, 0.25) is 0 Å². The molecule has 2 aromatic rings. The summed E-state index contributed by atoms with van der Waals surface area (Å²) < 4.78 is 8.19. The molecular weight excluding hydrogens is 310 g/mol. The molecule has 1 aromatic carbocycles. The van der Waals surface area contributed by atoms with Crippen molar-refractivity contribution in [3.05, 3.63) is 47.5 Å². The van der Waals surface area contributed by atoms with Gasteiger partial charge >= 0.3 is 0 Å². The molecule has 0 unspecified atom stereocenters. The zero-order valence-corrected chi connectivity index (χ0v) is 14.4. The largest absolute Gasteiger partial charge is 0.492 e. The zero-order valence-electron chi connectivity index (χ0n) is 13.7. The minimum absolute atomic E-state index is 0.466. The molecule has 1 fully saturated rings. The van der Waals surface area contributed by atoms with Gasteiger partial charge < -0.3 is 9.30 Å². The maximum absolute atomic E-state index is 6.15. The first-order valence-electron chi connectivity index (χ1n) is 8.26. The number of benzene rings is 1. The molecular formula is C18H24ClN3O. The summed E-state index contributed by atoms with van der Waals surface area (Å²) in [5, 5.41) is 0. The summed E-state index contributed by atoms with van der Waals surface area (Å²) in [6, 6.07) is 6.19. The van der Waals surface area contributed by atoms with E-state index < -0.39 is 0 Å². The summed E-state index contributed by atoms with van der Waals surface area (Å²) in [5.74, 6) is 2.43. The van der Waals surface area contributed by atoms with E-state index in [1.54, 1.807) is 0 Å². The number of aryl methyl sites for hydroxylation is 1. The topological polar surface area (TPSA) is 30.3 Å². The second kappa shape index (κ2) is 7.84. The number of rotatable bonds is 7. The van der Waals surface area contributed by atoms with Crippen LogP contribution in [0.25, 0.3) is 0 Å². The molecule has 3 rings (SSSR count). The van der Waals surface area contributed by atoms with E-state index in [1.807, 2.05) is 36.1 Å². The van der Waals surface area contributed by atoms with Crippen molar-refractivity contribution in [3.8, 4) is 5.75 Å². The summed E-state index contributed by atoms with van der Waals surface area (Å²) in [7, 11) is 2.02. The van der Waals surface area contributed by atoms with E-state index in [1.165, 1.54) is 25.9 Å². The first kappa shape index (κ1) is 16.3. The lowest BCUT2D eigenvalue weighted by Crippen LogP contribution is -2.25. The molecule has 5 heteroatoms.